The van der Waals surface area contributed by atoms with Gasteiger partial charge in [0.15, 0.2) is 0 Å². The van der Waals surface area contributed by atoms with E-state index in [1.807, 2.05) is 12.1 Å². The van der Waals surface area contributed by atoms with Crippen molar-refractivity contribution in [1.82, 2.24) is 19.2 Å². The van der Waals surface area contributed by atoms with Gasteiger partial charge in [-0.1, -0.05) is 11.6 Å². The first-order chi connectivity index (χ1) is 11.2. The third kappa shape index (κ3) is 2.85. The van der Waals surface area contributed by atoms with Crippen LogP contribution in [0, 0.1) is 0 Å². The summed E-state index contributed by atoms with van der Waals surface area (Å²) in [6.07, 6.45) is 0. The van der Waals surface area contributed by atoms with E-state index >= 15 is 0 Å². The Morgan fingerprint density at radius 2 is 2.00 bits per heavy atom. The Morgan fingerprint density at radius 3 is 2.74 bits per heavy atom. The standard InChI is InChI=1S/C16H15ClN4OS/c17-13-1-3-14(4-2-13)21-16(22)20-7-6-19(10-15(20)18-21)9-12-5-8-23-11-12/h1-5,8,11H,6-7,9-10H2. The fourth-order valence-corrected chi connectivity index (χ4v) is 3.61. The number of aromatic nitrogens is 3. The van der Waals surface area contributed by atoms with Crippen LogP contribution in [0.25, 0.3) is 5.69 Å². The molecule has 0 saturated carbocycles. The molecule has 0 unspecified atom stereocenters. The van der Waals surface area contributed by atoms with E-state index < -0.39 is 0 Å². The lowest BCUT2D eigenvalue weighted by atomic mass is 10.3. The molecule has 0 saturated heterocycles. The number of fused-ring (bicyclic) bond motifs is 1. The van der Waals surface area contributed by atoms with Gasteiger partial charge in [0.1, 0.15) is 5.82 Å². The summed E-state index contributed by atoms with van der Waals surface area (Å²) in [5, 5.41) is 9.41. The molecule has 0 atom stereocenters. The Bertz CT molecular complexity index is 867. The summed E-state index contributed by atoms with van der Waals surface area (Å²) >= 11 is 7.61. The van der Waals surface area contributed by atoms with Gasteiger partial charge in [0.25, 0.3) is 0 Å². The van der Waals surface area contributed by atoms with Crippen LogP contribution in [0.4, 0.5) is 0 Å². The van der Waals surface area contributed by atoms with Crippen LogP contribution in [0.5, 0.6) is 0 Å². The lowest BCUT2D eigenvalue weighted by Gasteiger charge is -2.25. The molecule has 0 fully saturated rings. The van der Waals surface area contributed by atoms with E-state index in [9.17, 15) is 4.79 Å². The zero-order valence-electron chi connectivity index (χ0n) is 12.4. The summed E-state index contributed by atoms with van der Waals surface area (Å²) in [5.41, 5.74) is 1.96. The molecule has 1 aliphatic heterocycles. The van der Waals surface area contributed by atoms with Crippen LogP contribution in [0.15, 0.2) is 45.9 Å². The van der Waals surface area contributed by atoms with Crippen LogP contribution >= 0.6 is 22.9 Å². The van der Waals surface area contributed by atoms with Gasteiger partial charge in [-0.3, -0.25) is 9.47 Å². The maximum absolute atomic E-state index is 12.5. The zero-order valence-corrected chi connectivity index (χ0v) is 13.9. The van der Waals surface area contributed by atoms with Crippen molar-refractivity contribution < 1.29 is 0 Å². The van der Waals surface area contributed by atoms with Gasteiger partial charge in [-0.2, -0.15) is 16.0 Å². The molecule has 0 radical (unpaired) electrons. The van der Waals surface area contributed by atoms with Crippen molar-refractivity contribution in [3.63, 3.8) is 0 Å². The van der Waals surface area contributed by atoms with Crippen molar-refractivity contribution in [1.29, 1.82) is 0 Å². The van der Waals surface area contributed by atoms with Crippen molar-refractivity contribution >= 4 is 22.9 Å². The molecule has 0 aliphatic carbocycles. The smallest absolute Gasteiger partial charge is 0.290 e. The minimum Gasteiger partial charge on any atom is -0.290 e. The van der Waals surface area contributed by atoms with Crippen LogP contribution in [0.3, 0.4) is 0 Å². The second-order valence-corrected chi connectivity index (χ2v) is 6.80. The number of nitrogens with zero attached hydrogens (tertiary/aromatic N) is 4. The second kappa shape index (κ2) is 5.96. The van der Waals surface area contributed by atoms with Crippen molar-refractivity contribution in [3.8, 4) is 5.69 Å². The van der Waals surface area contributed by atoms with Gasteiger partial charge in [-0.15, -0.1) is 5.10 Å². The van der Waals surface area contributed by atoms with E-state index in [-0.39, 0.29) is 5.69 Å². The first kappa shape index (κ1) is 14.7. The van der Waals surface area contributed by atoms with Crippen molar-refractivity contribution in [2.24, 2.45) is 0 Å². The summed E-state index contributed by atoms with van der Waals surface area (Å²) < 4.78 is 3.22. The zero-order chi connectivity index (χ0) is 15.8. The molecular weight excluding hydrogens is 332 g/mol. The van der Waals surface area contributed by atoms with E-state index in [0.717, 1.165) is 24.6 Å². The fourth-order valence-electron chi connectivity index (χ4n) is 2.83. The summed E-state index contributed by atoms with van der Waals surface area (Å²) in [6, 6.07) is 9.30. The summed E-state index contributed by atoms with van der Waals surface area (Å²) in [6.45, 7) is 3.11. The number of benzene rings is 1. The predicted molar refractivity (Wildman–Crippen MR) is 91.3 cm³/mol. The lowest BCUT2D eigenvalue weighted by molar-refractivity contribution is 0.207. The van der Waals surface area contributed by atoms with Gasteiger partial charge in [0.2, 0.25) is 0 Å². The molecule has 0 amide bonds. The molecule has 4 rings (SSSR count). The third-order valence-corrected chi connectivity index (χ3v) is 4.99. The predicted octanol–water partition coefficient (Wildman–Crippen LogP) is 2.76. The minimum atomic E-state index is -0.0856. The number of halogens is 1. The van der Waals surface area contributed by atoms with Crippen LogP contribution < -0.4 is 5.69 Å². The molecule has 0 spiro atoms. The molecule has 118 valence electrons. The van der Waals surface area contributed by atoms with Gasteiger partial charge in [0, 0.05) is 24.7 Å². The Hall–Kier alpha value is -1.89. The SMILES string of the molecule is O=c1n(-c2ccc(Cl)cc2)nc2n1CCN(Cc1ccsc1)C2. The van der Waals surface area contributed by atoms with Gasteiger partial charge in [0.05, 0.1) is 12.2 Å². The highest BCUT2D eigenvalue weighted by atomic mass is 35.5. The maximum atomic E-state index is 12.5. The van der Waals surface area contributed by atoms with E-state index in [4.69, 9.17) is 11.6 Å². The summed E-state index contributed by atoms with van der Waals surface area (Å²) in [7, 11) is 0. The van der Waals surface area contributed by atoms with Crippen LogP contribution in [0.2, 0.25) is 5.02 Å². The van der Waals surface area contributed by atoms with E-state index in [1.165, 1.54) is 10.2 Å². The van der Waals surface area contributed by atoms with Crippen LogP contribution in [-0.4, -0.2) is 25.8 Å². The highest BCUT2D eigenvalue weighted by Crippen LogP contribution is 2.16. The fraction of sp³-hybridized carbons (Fsp3) is 0.250. The molecule has 7 heteroatoms. The average Bonchev–Trinajstić information content (AvgIpc) is 3.17. The molecule has 3 heterocycles. The van der Waals surface area contributed by atoms with Crippen LogP contribution in [-0.2, 0) is 19.6 Å². The van der Waals surface area contributed by atoms with Crippen molar-refractivity contribution in [3.05, 3.63) is 68.0 Å². The normalized spacial score (nSPS) is 14.8. The largest absolute Gasteiger partial charge is 0.350 e. The van der Waals surface area contributed by atoms with Crippen molar-refractivity contribution in [2.75, 3.05) is 6.54 Å². The number of hydrogen-bond acceptors (Lipinski definition) is 4. The second-order valence-electron chi connectivity index (χ2n) is 5.58. The molecular formula is C16H15ClN4OS. The molecule has 1 aromatic carbocycles. The van der Waals surface area contributed by atoms with Gasteiger partial charge < -0.3 is 0 Å². The van der Waals surface area contributed by atoms with E-state index in [1.54, 1.807) is 28.0 Å². The molecule has 0 bridgehead atoms. The Balaban J connectivity index is 1.61. The van der Waals surface area contributed by atoms with Gasteiger partial charge in [-0.05, 0) is 46.7 Å². The van der Waals surface area contributed by atoms with Crippen molar-refractivity contribution in [2.45, 2.75) is 19.6 Å². The van der Waals surface area contributed by atoms with E-state index in [0.29, 0.717) is 18.1 Å². The highest BCUT2D eigenvalue weighted by molar-refractivity contribution is 7.07. The third-order valence-electron chi connectivity index (χ3n) is 4.00. The number of hydrogen-bond donors (Lipinski definition) is 0. The first-order valence-corrected chi connectivity index (χ1v) is 8.71. The molecule has 5 nitrogen and oxygen atoms in total. The Morgan fingerprint density at radius 1 is 1.17 bits per heavy atom. The Kier molecular flexibility index (Phi) is 3.80. The van der Waals surface area contributed by atoms with Gasteiger partial charge in [-0.25, -0.2) is 4.79 Å². The average molecular weight is 347 g/mol. The number of rotatable bonds is 3. The summed E-state index contributed by atoms with van der Waals surface area (Å²) in [5.74, 6) is 0.812. The molecule has 3 aromatic rings. The topological polar surface area (TPSA) is 43.1 Å². The molecule has 1 aliphatic rings. The molecule has 23 heavy (non-hydrogen) atoms. The number of thiophene rings is 1. The minimum absolute atomic E-state index is 0.0856. The Labute approximate surface area is 142 Å². The summed E-state index contributed by atoms with van der Waals surface area (Å²) in [4.78, 5) is 14.9. The van der Waals surface area contributed by atoms with Gasteiger partial charge >= 0.3 is 5.69 Å². The first-order valence-electron chi connectivity index (χ1n) is 7.39. The van der Waals surface area contributed by atoms with Crippen LogP contribution in [0.1, 0.15) is 11.4 Å². The molecule has 2 aromatic heterocycles. The quantitative estimate of drug-likeness (QED) is 0.732. The lowest BCUT2D eigenvalue weighted by Crippen LogP contribution is -2.37. The highest BCUT2D eigenvalue weighted by Gasteiger charge is 2.22. The maximum Gasteiger partial charge on any atom is 0.350 e. The monoisotopic (exact) mass is 346 g/mol. The molecule has 0 N–H and O–H groups in total. The van der Waals surface area contributed by atoms with E-state index in [2.05, 4.69) is 26.8 Å².